The number of benzene rings is 3. The number of methoxy groups -OCH3 is 1. The first-order valence-electron chi connectivity index (χ1n) is 9.42. The topological polar surface area (TPSA) is 75.7 Å². The van der Waals surface area contributed by atoms with Crippen LogP contribution in [0.15, 0.2) is 83.8 Å². The number of hydrogen-bond acceptors (Lipinski definition) is 4. The van der Waals surface area contributed by atoms with Crippen molar-refractivity contribution in [3.63, 3.8) is 0 Å². The van der Waals surface area contributed by atoms with Crippen LogP contribution in [-0.4, -0.2) is 28.5 Å². The van der Waals surface area contributed by atoms with Gasteiger partial charge < -0.3 is 10.1 Å². The molecular formula is C23H24N2O4S. The van der Waals surface area contributed by atoms with E-state index in [4.69, 9.17) is 4.74 Å². The summed E-state index contributed by atoms with van der Waals surface area (Å²) in [5.74, 6) is 0.515. The van der Waals surface area contributed by atoms with Crippen LogP contribution in [0.2, 0.25) is 0 Å². The van der Waals surface area contributed by atoms with Crippen molar-refractivity contribution in [3.8, 4) is 5.75 Å². The van der Waals surface area contributed by atoms with Gasteiger partial charge in [-0.25, -0.2) is 8.42 Å². The molecule has 1 N–H and O–H groups in total. The average molecular weight is 425 g/mol. The highest BCUT2D eigenvalue weighted by Crippen LogP contribution is 2.23. The summed E-state index contributed by atoms with van der Waals surface area (Å²) in [4.78, 5) is 12.8. The molecule has 6 nitrogen and oxygen atoms in total. The molecule has 30 heavy (non-hydrogen) atoms. The normalized spacial score (nSPS) is 12.1. The van der Waals surface area contributed by atoms with Crippen LogP contribution in [0, 0.1) is 0 Å². The summed E-state index contributed by atoms with van der Waals surface area (Å²) in [6.07, 6.45) is 0. The minimum absolute atomic E-state index is 0.191. The Morgan fingerprint density at radius 1 is 0.933 bits per heavy atom. The number of carbonyl (C=O) groups excluding carboxylic acids is 1. The summed E-state index contributed by atoms with van der Waals surface area (Å²) in [5.41, 5.74) is 1.87. The highest BCUT2D eigenvalue weighted by Gasteiger charge is 2.21. The van der Waals surface area contributed by atoms with Crippen LogP contribution in [0.3, 0.4) is 0 Å². The Hall–Kier alpha value is -3.32. The molecule has 3 aromatic carbocycles. The Labute approximate surface area is 177 Å². The highest BCUT2D eigenvalue weighted by atomic mass is 32.2. The van der Waals surface area contributed by atoms with Gasteiger partial charge in [0.05, 0.1) is 23.7 Å². The molecule has 0 saturated heterocycles. The standard InChI is InChI=1S/C23H24N2O4S/c1-17(18-11-15-21(29-3)16-12-18)24-23(26)19-9-13-20(14-10-19)25(2)30(27,28)22-7-5-4-6-8-22/h4-17H,1-3H3,(H,24,26)/t17-/m0/s1. The van der Waals surface area contributed by atoms with Crippen LogP contribution in [0.4, 0.5) is 5.69 Å². The van der Waals surface area contributed by atoms with Crippen molar-refractivity contribution in [2.24, 2.45) is 0 Å². The molecule has 0 unspecified atom stereocenters. The maximum Gasteiger partial charge on any atom is 0.264 e. The second kappa shape index (κ2) is 9.00. The first-order chi connectivity index (χ1) is 14.3. The SMILES string of the molecule is COc1ccc([C@H](C)NC(=O)c2ccc(N(C)S(=O)(=O)c3ccccc3)cc2)cc1. The fourth-order valence-electron chi connectivity index (χ4n) is 2.97. The van der Waals surface area contributed by atoms with Crippen LogP contribution in [0.1, 0.15) is 28.9 Å². The smallest absolute Gasteiger partial charge is 0.264 e. The number of ether oxygens (including phenoxy) is 1. The van der Waals surface area contributed by atoms with Crippen LogP contribution in [0.5, 0.6) is 5.75 Å². The quantitative estimate of drug-likeness (QED) is 0.622. The van der Waals surface area contributed by atoms with Crippen LogP contribution < -0.4 is 14.4 Å². The van der Waals surface area contributed by atoms with Crippen molar-refractivity contribution < 1.29 is 17.9 Å². The zero-order valence-corrected chi connectivity index (χ0v) is 17.9. The zero-order valence-electron chi connectivity index (χ0n) is 17.1. The van der Waals surface area contributed by atoms with E-state index in [1.807, 2.05) is 31.2 Å². The third-order valence-corrected chi connectivity index (χ3v) is 6.66. The predicted molar refractivity (Wildman–Crippen MR) is 117 cm³/mol. The summed E-state index contributed by atoms with van der Waals surface area (Å²) in [6, 6.07) is 22.0. The molecule has 1 atom stereocenters. The first kappa shape index (κ1) is 21.4. The largest absolute Gasteiger partial charge is 0.497 e. The summed E-state index contributed by atoms with van der Waals surface area (Å²) in [6.45, 7) is 1.90. The lowest BCUT2D eigenvalue weighted by molar-refractivity contribution is 0.0940. The Morgan fingerprint density at radius 2 is 1.53 bits per heavy atom. The van der Waals surface area contributed by atoms with Crippen LogP contribution in [-0.2, 0) is 10.0 Å². The molecule has 0 aliphatic carbocycles. The monoisotopic (exact) mass is 424 g/mol. The first-order valence-corrected chi connectivity index (χ1v) is 10.9. The Bertz CT molecular complexity index is 1100. The number of nitrogens with zero attached hydrogens (tertiary/aromatic N) is 1. The minimum atomic E-state index is -3.66. The van der Waals surface area contributed by atoms with E-state index < -0.39 is 10.0 Å². The van der Waals surface area contributed by atoms with Crippen molar-refractivity contribution >= 4 is 21.6 Å². The van der Waals surface area contributed by atoms with Crippen LogP contribution in [0.25, 0.3) is 0 Å². The molecular weight excluding hydrogens is 400 g/mol. The van der Waals surface area contributed by atoms with Gasteiger partial charge in [-0.05, 0) is 61.0 Å². The number of amides is 1. The lowest BCUT2D eigenvalue weighted by Crippen LogP contribution is -2.28. The van der Waals surface area contributed by atoms with E-state index in [-0.39, 0.29) is 16.8 Å². The van der Waals surface area contributed by atoms with Gasteiger partial charge in [-0.15, -0.1) is 0 Å². The summed E-state index contributed by atoms with van der Waals surface area (Å²) < 4.78 is 31.8. The number of hydrogen-bond donors (Lipinski definition) is 1. The van der Waals surface area contributed by atoms with E-state index in [0.717, 1.165) is 11.3 Å². The van der Waals surface area contributed by atoms with Crippen molar-refractivity contribution in [3.05, 3.63) is 90.0 Å². The van der Waals surface area contributed by atoms with Crippen molar-refractivity contribution in [1.82, 2.24) is 5.32 Å². The molecule has 156 valence electrons. The van der Waals surface area contributed by atoms with Gasteiger partial charge in [-0.1, -0.05) is 30.3 Å². The Kier molecular flexibility index (Phi) is 6.42. The van der Waals surface area contributed by atoms with Crippen molar-refractivity contribution in [2.75, 3.05) is 18.5 Å². The second-order valence-electron chi connectivity index (χ2n) is 6.80. The van der Waals surface area contributed by atoms with E-state index in [9.17, 15) is 13.2 Å². The number of carbonyl (C=O) groups is 1. The molecule has 0 aliphatic heterocycles. The summed E-state index contributed by atoms with van der Waals surface area (Å²) in [5, 5.41) is 2.94. The van der Waals surface area contributed by atoms with Crippen molar-refractivity contribution in [2.45, 2.75) is 17.9 Å². The van der Waals surface area contributed by atoms with Gasteiger partial charge in [0, 0.05) is 12.6 Å². The van der Waals surface area contributed by atoms with Gasteiger partial charge in [0.25, 0.3) is 15.9 Å². The molecule has 0 heterocycles. The van der Waals surface area contributed by atoms with E-state index >= 15 is 0 Å². The Morgan fingerprint density at radius 3 is 2.10 bits per heavy atom. The molecule has 0 fully saturated rings. The van der Waals surface area contributed by atoms with Gasteiger partial charge >= 0.3 is 0 Å². The van der Waals surface area contributed by atoms with E-state index in [2.05, 4.69) is 5.32 Å². The molecule has 0 saturated carbocycles. The third kappa shape index (κ3) is 4.63. The lowest BCUT2D eigenvalue weighted by Gasteiger charge is -2.20. The molecule has 1 amide bonds. The minimum Gasteiger partial charge on any atom is -0.497 e. The fraction of sp³-hybridized carbons (Fsp3) is 0.174. The van der Waals surface area contributed by atoms with E-state index in [1.54, 1.807) is 61.7 Å². The predicted octanol–water partition coefficient (Wildman–Crippen LogP) is 4.01. The molecule has 3 rings (SSSR count). The van der Waals surface area contributed by atoms with Crippen molar-refractivity contribution in [1.29, 1.82) is 0 Å². The van der Waals surface area contributed by atoms with Gasteiger partial charge in [-0.3, -0.25) is 9.10 Å². The van der Waals surface area contributed by atoms with Gasteiger partial charge in [0.2, 0.25) is 0 Å². The molecule has 0 bridgehead atoms. The third-order valence-electron chi connectivity index (χ3n) is 4.86. The zero-order chi connectivity index (χ0) is 21.7. The molecule has 0 aliphatic rings. The molecule has 0 radical (unpaired) electrons. The van der Waals surface area contributed by atoms with Gasteiger partial charge in [0.15, 0.2) is 0 Å². The summed E-state index contributed by atoms with van der Waals surface area (Å²) in [7, 11) is -0.571. The van der Waals surface area contributed by atoms with E-state index in [0.29, 0.717) is 11.3 Å². The fourth-order valence-corrected chi connectivity index (χ4v) is 4.18. The van der Waals surface area contributed by atoms with Gasteiger partial charge in [0.1, 0.15) is 5.75 Å². The number of anilines is 1. The van der Waals surface area contributed by atoms with Crippen LogP contribution >= 0.6 is 0 Å². The second-order valence-corrected chi connectivity index (χ2v) is 8.77. The molecule has 7 heteroatoms. The highest BCUT2D eigenvalue weighted by molar-refractivity contribution is 7.92. The molecule has 0 spiro atoms. The maximum absolute atomic E-state index is 12.7. The number of nitrogens with one attached hydrogen (secondary N) is 1. The molecule has 0 aromatic heterocycles. The lowest BCUT2D eigenvalue weighted by atomic mass is 10.1. The number of rotatable bonds is 7. The number of sulfonamides is 1. The van der Waals surface area contributed by atoms with E-state index in [1.165, 1.54) is 11.4 Å². The summed E-state index contributed by atoms with van der Waals surface area (Å²) >= 11 is 0. The molecule has 3 aromatic rings. The maximum atomic E-state index is 12.7. The average Bonchev–Trinajstić information content (AvgIpc) is 2.79. The Balaban J connectivity index is 1.70. The van der Waals surface area contributed by atoms with Gasteiger partial charge in [-0.2, -0.15) is 0 Å².